The first kappa shape index (κ1) is 17.0. The van der Waals surface area contributed by atoms with E-state index in [4.69, 9.17) is 16.4 Å². The molecule has 0 spiro atoms. The van der Waals surface area contributed by atoms with Crippen LogP contribution >= 0.6 is 0 Å². The van der Waals surface area contributed by atoms with Gasteiger partial charge in [-0.25, -0.2) is 0 Å². The summed E-state index contributed by atoms with van der Waals surface area (Å²) >= 11 is 0. The van der Waals surface area contributed by atoms with Crippen molar-refractivity contribution in [3.63, 3.8) is 0 Å². The molecule has 0 saturated heterocycles. The number of rotatable bonds is 5. The first-order chi connectivity index (χ1) is 37.5. The second-order valence-electron chi connectivity index (χ2n) is 13.3. The van der Waals surface area contributed by atoms with Crippen LogP contribution < -0.4 is 0 Å². The second-order valence-corrected chi connectivity index (χ2v) is 13.3. The van der Waals surface area contributed by atoms with E-state index in [1.165, 1.54) is 4.57 Å². The van der Waals surface area contributed by atoms with Gasteiger partial charge in [-0.2, -0.15) is 0 Å². The summed E-state index contributed by atoms with van der Waals surface area (Å²) in [6.45, 7) is 0. The first-order valence-corrected chi connectivity index (χ1v) is 17.8. The Hall–Kier alpha value is -7.62. The van der Waals surface area contributed by atoms with Gasteiger partial charge >= 0.3 is 0 Å². The van der Waals surface area contributed by atoms with Crippen molar-refractivity contribution in [3.8, 4) is 39.3 Å². The first-order valence-electron chi connectivity index (χ1n) is 28.8. The Balaban J connectivity index is 1.31. The number of hydrogen-bond donors (Lipinski definition) is 0. The van der Waals surface area contributed by atoms with Gasteiger partial charge in [0, 0.05) is 49.4 Å². The van der Waals surface area contributed by atoms with Crippen molar-refractivity contribution in [2.24, 2.45) is 0 Å². The second kappa shape index (κ2) is 12.5. The molecule has 0 aliphatic rings. The van der Waals surface area contributed by atoms with Crippen LogP contribution in [0.4, 0.5) is 0 Å². The van der Waals surface area contributed by atoms with E-state index in [0.717, 1.165) is 20.3 Å². The topological polar surface area (TPSA) is 14.8 Å². The molecule has 0 saturated carbocycles. The number of benzene rings is 9. The molecule has 0 unspecified atom stereocenters. The summed E-state index contributed by atoms with van der Waals surface area (Å²) in [4.78, 5) is 0. The van der Waals surface area contributed by atoms with Gasteiger partial charge in [-0.3, -0.25) is 0 Å². The molecular formula is C54H35N3. The van der Waals surface area contributed by atoms with Crippen LogP contribution in [0.2, 0.25) is 0 Å². The van der Waals surface area contributed by atoms with Gasteiger partial charge < -0.3 is 13.7 Å². The van der Waals surface area contributed by atoms with Gasteiger partial charge in [-0.15, -0.1) is 0 Å². The molecule has 3 heteroatoms. The summed E-state index contributed by atoms with van der Waals surface area (Å²) in [5.74, 6) is 0. The summed E-state index contributed by atoms with van der Waals surface area (Å²) in [5.41, 5.74) is -0.913. The molecule has 9 aromatic carbocycles. The lowest BCUT2D eigenvalue weighted by atomic mass is 9.98. The Labute approximate surface area is 360 Å². The molecule has 3 nitrogen and oxygen atoms in total. The zero-order valence-electron chi connectivity index (χ0n) is 51.3. The van der Waals surface area contributed by atoms with Gasteiger partial charge in [-0.05, 0) is 94.8 Å². The maximum absolute atomic E-state index is 10.3. The fraction of sp³-hybridized carbons (Fsp3) is 0. The minimum Gasteiger partial charge on any atom is -0.309 e. The van der Waals surface area contributed by atoms with Crippen LogP contribution in [0.1, 0.15) is 30.2 Å². The zero-order chi connectivity index (χ0) is 56.6. The number of fused-ring (bicyclic) bond motifs is 9. The largest absolute Gasteiger partial charge is 0.309 e. The van der Waals surface area contributed by atoms with E-state index in [0.29, 0.717) is 11.1 Å². The maximum Gasteiger partial charge on any atom is 0.0667 e. The van der Waals surface area contributed by atoms with Gasteiger partial charge in [0.1, 0.15) is 0 Å². The molecule has 0 atom stereocenters. The third-order valence-corrected chi connectivity index (χ3v) is 10.2. The lowest BCUT2D eigenvalue weighted by Crippen LogP contribution is -1.98. The minimum absolute atomic E-state index is 0.191. The third-order valence-electron chi connectivity index (χ3n) is 10.2. The van der Waals surface area contributed by atoms with Crippen molar-refractivity contribution >= 4 is 65.4 Å². The highest BCUT2D eigenvalue weighted by molar-refractivity contribution is 6.13. The average molecular weight is 748 g/mol. The minimum atomic E-state index is -0.900. The van der Waals surface area contributed by atoms with Crippen molar-refractivity contribution in [2.75, 3.05) is 0 Å². The van der Waals surface area contributed by atoms with Gasteiger partial charge in [0.25, 0.3) is 0 Å². The highest BCUT2D eigenvalue weighted by Crippen LogP contribution is 2.40. The molecule has 3 heterocycles. The summed E-state index contributed by atoms with van der Waals surface area (Å²) < 4.78 is 207. The van der Waals surface area contributed by atoms with Gasteiger partial charge in [0.2, 0.25) is 0 Å². The molecule has 266 valence electrons. The summed E-state index contributed by atoms with van der Waals surface area (Å²) in [5, 5.41) is -2.39. The molecule has 12 aromatic rings. The van der Waals surface area contributed by atoms with Crippen LogP contribution in [0.3, 0.4) is 0 Å². The molecule has 0 amide bonds. The Morgan fingerprint density at radius 2 is 0.667 bits per heavy atom. The van der Waals surface area contributed by atoms with Crippen LogP contribution in [0.15, 0.2) is 212 Å². The molecule has 0 radical (unpaired) electrons. The van der Waals surface area contributed by atoms with Crippen molar-refractivity contribution in [1.82, 2.24) is 13.7 Å². The van der Waals surface area contributed by atoms with E-state index < -0.39 is 188 Å². The maximum atomic E-state index is 10.3. The van der Waals surface area contributed by atoms with E-state index in [2.05, 4.69) is 0 Å². The van der Waals surface area contributed by atoms with E-state index in [-0.39, 0.29) is 27.5 Å². The molecule has 0 aliphatic carbocycles. The summed E-state index contributed by atoms with van der Waals surface area (Å²) in [7, 11) is 0. The smallest absolute Gasteiger partial charge is 0.0667 e. The van der Waals surface area contributed by atoms with E-state index >= 15 is 0 Å². The number of nitrogens with zero attached hydrogens (tertiary/aromatic N) is 3. The summed E-state index contributed by atoms with van der Waals surface area (Å²) in [6, 6.07) is 6.91. The van der Waals surface area contributed by atoms with Crippen LogP contribution in [-0.4, -0.2) is 13.7 Å². The predicted octanol–water partition coefficient (Wildman–Crippen LogP) is 14.3. The molecule has 0 bridgehead atoms. The number of aromatic nitrogens is 3. The lowest BCUT2D eigenvalue weighted by Gasteiger charge is -2.14. The van der Waals surface area contributed by atoms with E-state index in [9.17, 15) is 13.7 Å². The molecule has 0 aliphatic heterocycles. The molecular weight excluding hydrogens is 691 g/mol. The van der Waals surface area contributed by atoms with Crippen LogP contribution in [0.5, 0.6) is 0 Å². The van der Waals surface area contributed by atoms with Crippen molar-refractivity contribution in [2.45, 2.75) is 0 Å². The van der Waals surface area contributed by atoms with E-state index in [1.54, 1.807) is 12.1 Å². The Morgan fingerprint density at radius 1 is 0.281 bits per heavy atom. The highest BCUT2D eigenvalue weighted by atomic mass is 15.0. The molecule has 57 heavy (non-hydrogen) atoms. The molecule has 12 rings (SSSR count). The normalized spacial score (nSPS) is 17.3. The average Bonchev–Trinajstić information content (AvgIpc) is 2.61. The van der Waals surface area contributed by atoms with Crippen molar-refractivity contribution in [3.05, 3.63) is 212 Å². The van der Waals surface area contributed by atoms with Crippen molar-refractivity contribution < 1.29 is 30.2 Å². The Bertz CT molecular complexity index is 4660. The highest BCUT2D eigenvalue weighted by Gasteiger charge is 2.19. The predicted molar refractivity (Wildman–Crippen MR) is 240 cm³/mol. The third kappa shape index (κ3) is 4.86. The van der Waals surface area contributed by atoms with Crippen LogP contribution in [0.25, 0.3) is 105 Å². The number of para-hydroxylation sites is 4. The fourth-order valence-corrected chi connectivity index (χ4v) is 7.69. The zero-order valence-corrected chi connectivity index (χ0v) is 29.3. The monoisotopic (exact) mass is 747 g/mol. The fourth-order valence-electron chi connectivity index (χ4n) is 7.69. The standard InChI is InChI=1S/C54H35N3/c1-3-15-36(16-4-1)38-31-39(37-17-5-2-6-18-37)33-42(32-38)57-52-26-14-10-22-46(52)48-34-40(28-30-53(48)57)56-51-25-13-9-21-45(51)47-29-27-41(35-54(47)56)55-49-23-11-7-19-43(49)44-20-8-12-24-50(44)55/h1-35H/i7D,8D,9D,10D,11D,12D,13D,14D,19D,20D,21D,22D,23D,24D,25D,26D,27D,28D,29D,30D,34D,35D. The van der Waals surface area contributed by atoms with Crippen LogP contribution in [0, 0.1) is 0 Å². The van der Waals surface area contributed by atoms with Crippen LogP contribution in [-0.2, 0) is 0 Å². The number of hydrogen-bond acceptors (Lipinski definition) is 0. The van der Waals surface area contributed by atoms with Crippen molar-refractivity contribution in [1.29, 1.82) is 0 Å². The molecule has 0 N–H and O–H groups in total. The van der Waals surface area contributed by atoms with Gasteiger partial charge in [0.15, 0.2) is 0 Å². The van der Waals surface area contributed by atoms with E-state index in [1.807, 2.05) is 66.7 Å². The van der Waals surface area contributed by atoms with Gasteiger partial charge in [-0.1, -0.05) is 139 Å². The SMILES string of the molecule is [2H]c1c([2H])c([2H])c2c(c1[2H])c1c([2H])c(-n3c4c([2H])c([2H])c([2H])c([2H])c4c4c([2H])c([2H])c(-n5c6c([2H])c([2H])c([2H])c([2H])c6c6c([2H])c([2H])c([2H])c([2H])c65)c([2H])c43)c([2H])c([2H])c1n2-c1cc(-c2ccccc2)cc(-c2ccccc2)c1. The Kier molecular flexibility index (Phi) is 3.72. The molecule has 0 fully saturated rings. The summed E-state index contributed by atoms with van der Waals surface area (Å²) in [6.07, 6.45) is 0. The molecule has 3 aromatic heterocycles. The van der Waals surface area contributed by atoms with Gasteiger partial charge in [0.05, 0.1) is 63.3 Å². The Morgan fingerprint density at radius 3 is 1.19 bits per heavy atom. The lowest BCUT2D eigenvalue weighted by molar-refractivity contribution is 1.15. The quantitative estimate of drug-likeness (QED) is 0.167.